The Morgan fingerprint density at radius 1 is 1.25 bits per heavy atom. The molecule has 0 aromatic heterocycles. The number of rotatable bonds is 3. The van der Waals surface area contributed by atoms with Gasteiger partial charge in [-0.3, -0.25) is 4.99 Å². The zero-order valence-corrected chi connectivity index (χ0v) is 12.8. The normalized spacial score (nSPS) is 29.9. The van der Waals surface area contributed by atoms with Gasteiger partial charge < -0.3 is 10.6 Å². The predicted octanol–water partition coefficient (Wildman–Crippen LogP) is 2.60. The molecular weight excluding hydrogens is 266 g/mol. The zero-order valence-electron chi connectivity index (χ0n) is 12.0. The third kappa shape index (κ3) is 3.48. The molecule has 1 heterocycles. The molecule has 1 aromatic rings. The van der Waals surface area contributed by atoms with E-state index in [1.54, 1.807) is 0 Å². The molecule has 2 N–H and O–H groups in total. The van der Waals surface area contributed by atoms with Crippen molar-refractivity contribution in [2.45, 2.75) is 37.3 Å². The first-order valence-electron chi connectivity index (χ1n) is 7.49. The Kier molecular flexibility index (Phi) is 4.51. The fraction of sp³-hybridized carbons (Fsp3) is 0.562. The number of aliphatic imine (C=N–C) groups is 1. The fourth-order valence-corrected chi connectivity index (χ4v) is 3.89. The van der Waals surface area contributed by atoms with E-state index in [-0.39, 0.29) is 0 Å². The molecule has 1 aromatic carbocycles. The van der Waals surface area contributed by atoms with Gasteiger partial charge in [0.1, 0.15) is 0 Å². The molecule has 4 heteroatoms. The second-order valence-electron chi connectivity index (χ2n) is 5.63. The Labute approximate surface area is 125 Å². The van der Waals surface area contributed by atoms with Crippen LogP contribution in [-0.4, -0.2) is 36.6 Å². The lowest BCUT2D eigenvalue weighted by Gasteiger charge is -2.24. The summed E-state index contributed by atoms with van der Waals surface area (Å²) in [6.07, 6.45) is 3.79. The van der Waals surface area contributed by atoms with Crippen LogP contribution >= 0.6 is 11.8 Å². The molecule has 2 aliphatic rings. The summed E-state index contributed by atoms with van der Waals surface area (Å²) in [6.45, 7) is 0. The average Bonchev–Trinajstić information content (AvgIpc) is 3.28. The summed E-state index contributed by atoms with van der Waals surface area (Å²) in [5, 5.41) is 7.13. The SMILES string of the molecule is CN=C(NC1CCCSC1)NC1CC1c1ccccc1. The number of thioether (sulfide) groups is 1. The molecular formula is C16H23N3S. The maximum absolute atomic E-state index is 4.38. The lowest BCUT2D eigenvalue weighted by atomic mass is 10.1. The molecule has 3 nitrogen and oxygen atoms in total. The van der Waals surface area contributed by atoms with Gasteiger partial charge in [0, 0.05) is 30.8 Å². The molecule has 0 radical (unpaired) electrons. The van der Waals surface area contributed by atoms with E-state index in [4.69, 9.17) is 0 Å². The topological polar surface area (TPSA) is 36.4 Å². The van der Waals surface area contributed by atoms with E-state index in [0.29, 0.717) is 18.0 Å². The molecule has 1 saturated carbocycles. The molecule has 1 saturated heterocycles. The van der Waals surface area contributed by atoms with Crippen LogP contribution in [0.3, 0.4) is 0 Å². The zero-order chi connectivity index (χ0) is 13.8. The van der Waals surface area contributed by atoms with Gasteiger partial charge in [-0.25, -0.2) is 0 Å². The molecule has 3 rings (SSSR count). The number of guanidine groups is 1. The van der Waals surface area contributed by atoms with Crippen molar-refractivity contribution in [1.82, 2.24) is 10.6 Å². The van der Waals surface area contributed by atoms with Crippen LogP contribution < -0.4 is 10.6 Å². The summed E-state index contributed by atoms with van der Waals surface area (Å²) in [6, 6.07) is 11.9. The van der Waals surface area contributed by atoms with Crippen molar-refractivity contribution in [3.05, 3.63) is 35.9 Å². The van der Waals surface area contributed by atoms with Crippen LogP contribution in [0.2, 0.25) is 0 Å². The maximum atomic E-state index is 4.38. The van der Waals surface area contributed by atoms with Crippen molar-refractivity contribution in [2.75, 3.05) is 18.6 Å². The molecule has 0 amide bonds. The Morgan fingerprint density at radius 2 is 2.10 bits per heavy atom. The van der Waals surface area contributed by atoms with Gasteiger partial charge in [0.25, 0.3) is 0 Å². The highest BCUT2D eigenvalue weighted by atomic mass is 32.2. The lowest BCUT2D eigenvalue weighted by Crippen LogP contribution is -2.46. The van der Waals surface area contributed by atoms with E-state index in [1.165, 1.54) is 36.3 Å². The van der Waals surface area contributed by atoms with Crippen LogP contribution in [0.25, 0.3) is 0 Å². The molecule has 3 atom stereocenters. The first kappa shape index (κ1) is 13.8. The van der Waals surface area contributed by atoms with Crippen LogP contribution in [0.15, 0.2) is 35.3 Å². The Bertz CT molecular complexity index is 454. The van der Waals surface area contributed by atoms with Crippen LogP contribution in [0.4, 0.5) is 0 Å². The van der Waals surface area contributed by atoms with Crippen LogP contribution in [-0.2, 0) is 0 Å². The van der Waals surface area contributed by atoms with Crippen LogP contribution in [0, 0.1) is 0 Å². The smallest absolute Gasteiger partial charge is 0.191 e. The molecule has 3 unspecified atom stereocenters. The van der Waals surface area contributed by atoms with Gasteiger partial charge >= 0.3 is 0 Å². The van der Waals surface area contributed by atoms with Crippen molar-refractivity contribution in [3.63, 3.8) is 0 Å². The summed E-state index contributed by atoms with van der Waals surface area (Å²) in [7, 11) is 1.87. The largest absolute Gasteiger partial charge is 0.353 e. The summed E-state index contributed by atoms with van der Waals surface area (Å²) >= 11 is 2.04. The van der Waals surface area contributed by atoms with Crippen molar-refractivity contribution >= 4 is 17.7 Å². The summed E-state index contributed by atoms with van der Waals surface area (Å²) in [5.41, 5.74) is 1.44. The molecule has 20 heavy (non-hydrogen) atoms. The van der Waals surface area contributed by atoms with Crippen molar-refractivity contribution in [1.29, 1.82) is 0 Å². The average molecular weight is 289 g/mol. The maximum Gasteiger partial charge on any atom is 0.191 e. The first-order chi connectivity index (χ1) is 9.86. The molecule has 0 bridgehead atoms. The minimum atomic E-state index is 0.542. The van der Waals surface area contributed by atoms with E-state index < -0.39 is 0 Å². The Balaban J connectivity index is 1.50. The molecule has 108 valence electrons. The van der Waals surface area contributed by atoms with Gasteiger partial charge in [-0.15, -0.1) is 0 Å². The highest BCUT2D eigenvalue weighted by molar-refractivity contribution is 7.99. The minimum absolute atomic E-state index is 0.542. The number of nitrogens with one attached hydrogen (secondary N) is 2. The number of hydrogen-bond acceptors (Lipinski definition) is 2. The first-order valence-corrected chi connectivity index (χ1v) is 8.65. The minimum Gasteiger partial charge on any atom is -0.353 e. The van der Waals surface area contributed by atoms with Gasteiger partial charge in [-0.05, 0) is 30.6 Å². The molecule has 2 fully saturated rings. The second kappa shape index (κ2) is 6.53. The number of benzene rings is 1. The third-order valence-corrected chi connectivity index (χ3v) is 5.28. The Morgan fingerprint density at radius 3 is 2.80 bits per heavy atom. The standard InChI is InChI=1S/C16H23N3S/c1-17-16(18-13-8-5-9-20-11-13)19-15-10-14(15)12-6-3-2-4-7-12/h2-4,6-7,13-15H,5,8-11H2,1H3,(H2,17,18,19). The quantitative estimate of drug-likeness (QED) is 0.663. The molecule has 1 aliphatic heterocycles. The Hall–Kier alpha value is -1.16. The van der Waals surface area contributed by atoms with Crippen molar-refractivity contribution < 1.29 is 0 Å². The summed E-state index contributed by atoms with van der Waals surface area (Å²) < 4.78 is 0. The van der Waals surface area contributed by atoms with Gasteiger partial charge in [0.05, 0.1) is 0 Å². The van der Waals surface area contributed by atoms with Gasteiger partial charge in [0.15, 0.2) is 5.96 Å². The lowest BCUT2D eigenvalue weighted by molar-refractivity contribution is 0.581. The second-order valence-corrected chi connectivity index (χ2v) is 6.78. The van der Waals surface area contributed by atoms with Crippen LogP contribution in [0.1, 0.15) is 30.7 Å². The number of nitrogens with zero attached hydrogens (tertiary/aromatic N) is 1. The summed E-state index contributed by atoms with van der Waals surface area (Å²) in [4.78, 5) is 4.38. The highest BCUT2D eigenvalue weighted by Crippen LogP contribution is 2.40. The van der Waals surface area contributed by atoms with E-state index in [0.717, 1.165) is 5.96 Å². The van der Waals surface area contributed by atoms with E-state index >= 15 is 0 Å². The van der Waals surface area contributed by atoms with E-state index in [2.05, 4.69) is 46.0 Å². The van der Waals surface area contributed by atoms with Gasteiger partial charge in [-0.2, -0.15) is 11.8 Å². The van der Waals surface area contributed by atoms with Gasteiger partial charge in [0.2, 0.25) is 0 Å². The van der Waals surface area contributed by atoms with Crippen LogP contribution in [0.5, 0.6) is 0 Å². The fourth-order valence-electron chi connectivity index (χ4n) is 2.82. The molecule has 0 spiro atoms. The molecule has 1 aliphatic carbocycles. The van der Waals surface area contributed by atoms with Crippen molar-refractivity contribution in [2.24, 2.45) is 4.99 Å². The third-order valence-electron chi connectivity index (χ3n) is 4.07. The van der Waals surface area contributed by atoms with Gasteiger partial charge in [-0.1, -0.05) is 30.3 Å². The number of hydrogen-bond donors (Lipinski definition) is 2. The predicted molar refractivity (Wildman–Crippen MR) is 87.6 cm³/mol. The summed E-state index contributed by atoms with van der Waals surface area (Å²) in [5.74, 6) is 4.13. The van der Waals surface area contributed by atoms with E-state index in [9.17, 15) is 0 Å². The van der Waals surface area contributed by atoms with E-state index in [1.807, 2.05) is 18.8 Å². The monoisotopic (exact) mass is 289 g/mol. The van der Waals surface area contributed by atoms with Crippen molar-refractivity contribution in [3.8, 4) is 0 Å². The highest BCUT2D eigenvalue weighted by Gasteiger charge is 2.39.